The molecule has 0 amide bonds. The number of aryl methyl sites for hydroxylation is 1. The fraction of sp³-hybridized carbons (Fsp3) is 0.692. The molecule has 0 aliphatic carbocycles. The van der Waals surface area contributed by atoms with Crippen molar-refractivity contribution in [2.75, 3.05) is 27.7 Å². The molecule has 0 saturated carbocycles. The van der Waals surface area contributed by atoms with Gasteiger partial charge in [0.15, 0.2) is 0 Å². The number of rotatable bonds is 7. The van der Waals surface area contributed by atoms with Gasteiger partial charge in [0.2, 0.25) is 0 Å². The van der Waals surface area contributed by atoms with Gasteiger partial charge in [-0.2, -0.15) is 0 Å². The Morgan fingerprint density at radius 2 is 2.19 bits per heavy atom. The van der Waals surface area contributed by atoms with Crippen LogP contribution in [-0.4, -0.2) is 37.2 Å². The molecule has 1 rings (SSSR count). The molecule has 0 bridgehead atoms. The Bertz CT molecular complexity index is 287. The molecule has 1 aromatic rings. The van der Waals surface area contributed by atoms with E-state index in [9.17, 15) is 0 Å². The fourth-order valence-electron chi connectivity index (χ4n) is 1.98. The molecular weight excluding hydrogens is 198 g/mol. The maximum atomic E-state index is 3.33. The standard InChI is InChI=1S/C13H25N3/c1-5-13(14-2)12-7-10-16(11-12)9-6-8-15(3)4/h7,10-11,13-14H,5-6,8-9H2,1-4H3. The molecule has 1 heterocycles. The Balaban J connectivity index is 2.44. The number of hydrogen-bond acceptors (Lipinski definition) is 2. The van der Waals surface area contributed by atoms with Crippen molar-refractivity contribution in [1.82, 2.24) is 14.8 Å². The van der Waals surface area contributed by atoms with Gasteiger partial charge in [-0.25, -0.2) is 0 Å². The zero-order valence-corrected chi connectivity index (χ0v) is 11.0. The highest BCUT2D eigenvalue weighted by Crippen LogP contribution is 2.16. The van der Waals surface area contributed by atoms with E-state index < -0.39 is 0 Å². The van der Waals surface area contributed by atoms with E-state index in [0.717, 1.165) is 19.5 Å². The summed E-state index contributed by atoms with van der Waals surface area (Å²) in [4.78, 5) is 2.23. The Kier molecular flexibility index (Phi) is 5.56. The van der Waals surface area contributed by atoms with Crippen LogP contribution in [0, 0.1) is 0 Å². The summed E-state index contributed by atoms with van der Waals surface area (Å²) in [5.74, 6) is 0. The van der Waals surface area contributed by atoms with E-state index in [1.807, 2.05) is 7.05 Å². The summed E-state index contributed by atoms with van der Waals surface area (Å²) in [6.45, 7) is 4.47. The first kappa shape index (κ1) is 13.3. The van der Waals surface area contributed by atoms with Crippen LogP contribution in [-0.2, 0) is 6.54 Å². The number of nitrogens with zero attached hydrogens (tertiary/aromatic N) is 2. The number of nitrogens with one attached hydrogen (secondary N) is 1. The van der Waals surface area contributed by atoms with Crippen LogP contribution in [0.1, 0.15) is 31.4 Å². The second-order valence-corrected chi connectivity index (χ2v) is 4.59. The van der Waals surface area contributed by atoms with Crippen LogP contribution in [0.4, 0.5) is 0 Å². The zero-order valence-electron chi connectivity index (χ0n) is 11.0. The second kappa shape index (κ2) is 6.71. The molecule has 1 unspecified atom stereocenters. The molecule has 0 saturated heterocycles. The van der Waals surface area contributed by atoms with Crippen LogP contribution in [0.15, 0.2) is 18.5 Å². The van der Waals surface area contributed by atoms with E-state index in [1.54, 1.807) is 0 Å². The van der Waals surface area contributed by atoms with Crippen molar-refractivity contribution >= 4 is 0 Å². The average Bonchev–Trinajstić information content (AvgIpc) is 2.68. The van der Waals surface area contributed by atoms with E-state index in [0.29, 0.717) is 6.04 Å². The van der Waals surface area contributed by atoms with Gasteiger partial charge in [-0.1, -0.05) is 6.92 Å². The second-order valence-electron chi connectivity index (χ2n) is 4.59. The summed E-state index contributed by atoms with van der Waals surface area (Å²) in [5.41, 5.74) is 1.40. The monoisotopic (exact) mass is 223 g/mol. The van der Waals surface area contributed by atoms with Crippen molar-refractivity contribution < 1.29 is 0 Å². The molecule has 92 valence electrons. The lowest BCUT2D eigenvalue weighted by molar-refractivity contribution is 0.386. The van der Waals surface area contributed by atoms with Crippen LogP contribution in [0.3, 0.4) is 0 Å². The molecule has 0 aliphatic heterocycles. The quantitative estimate of drug-likeness (QED) is 0.764. The highest BCUT2D eigenvalue weighted by Gasteiger charge is 2.07. The molecule has 3 nitrogen and oxygen atoms in total. The van der Waals surface area contributed by atoms with Crippen LogP contribution in [0.25, 0.3) is 0 Å². The van der Waals surface area contributed by atoms with Gasteiger partial charge in [0.25, 0.3) is 0 Å². The van der Waals surface area contributed by atoms with E-state index in [1.165, 1.54) is 12.0 Å². The summed E-state index contributed by atoms with van der Waals surface area (Å²) < 4.78 is 2.29. The molecule has 1 atom stereocenters. The molecule has 0 spiro atoms. The topological polar surface area (TPSA) is 20.2 Å². The van der Waals surface area contributed by atoms with Crippen molar-refractivity contribution in [3.63, 3.8) is 0 Å². The zero-order chi connectivity index (χ0) is 12.0. The van der Waals surface area contributed by atoms with Gasteiger partial charge in [0.1, 0.15) is 0 Å². The fourth-order valence-corrected chi connectivity index (χ4v) is 1.98. The van der Waals surface area contributed by atoms with Gasteiger partial charge < -0.3 is 14.8 Å². The van der Waals surface area contributed by atoms with Gasteiger partial charge in [-0.15, -0.1) is 0 Å². The lowest BCUT2D eigenvalue weighted by Crippen LogP contribution is -2.15. The molecule has 0 fully saturated rings. The first-order chi connectivity index (χ1) is 7.67. The van der Waals surface area contributed by atoms with E-state index >= 15 is 0 Å². The SMILES string of the molecule is CCC(NC)c1ccn(CCCN(C)C)c1. The van der Waals surface area contributed by atoms with E-state index in [4.69, 9.17) is 0 Å². The van der Waals surface area contributed by atoms with E-state index in [2.05, 4.69) is 54.3 Å². The minimum absolute atomic E-state index is 0.495. The maximum absolute atomic E-state index is 3.33. The van der Waals surface area contributed by atoms with E-state index in [-0.39, 0.29) is 0 Å². The Morgan fingerprint density at radius 1 is 1.44 bits per heavy atom. The molecule has 16 heavy (non-hydrogen) atoms. The minimum Gasteiger partial charge on any atom is -0.354 e. The third-order valence-corrected chi connectivity index (χ3v) is 2.95. The lowest BCUT2D eigenvalue weighted by Gasteiger charge is -2.12. The first-order valence-electron chi connectivity index (χ1n) is 6.15. The van der Waals surface area contributed by atoms with Gasteiger partial charge in [0.05, 0.1) is 0 Å². The van der Waals surface area contributed by atoms with Crippen LogP contribution in [0.5, 0.6) is 0 Å². The smallest absolute Gasteiger partial charge is 0.0329 e. The Labute approximate surface area is 99.4 Å². The molecule has 0 radical (unpaired) electrons. The summed E-state index contributed by atoms with van der Waals surface area (Å²) in [6.07, 6.45) is 6.79. The summed E-state index contributed by atoms with van der Waals surface area (Å²) >= 11 is 0. The average molecular weight is 223 g/mol. The van der Waals surface area contributed by atoms with Gasteiger partial charge in [-0.05, 0) is 52.2 Å². The lowest BCUT2D eigenvalue weighted by atomic mass is 10.1. The largest absolute Gasteiger partial charge is 0.354 e. The molecule has 3 heteroatoms. The predicted octanol–water partition coefficient (Wildman–Crippen LogP) is 2.11. The molecular formula is C13H25N3. The van der Waals surface area contributed by atoms with Crippen molar-refractivity contribution in [1.29, 1.82) is 0 Å². The van der Waals surface area contributed by atoms with Gasteiger partial charge in [0, 0.05) is 25.0 Å². The molecule has 1 N–H and O–H groups in total. The van der Waals surface area contributed by atoms with Crippen LogP contribution < -0.4 is 5.32 Å². The normalized spacial score (nSPS) is 13.3. The van der Waals surface area contributed by atoms with Crippen molar-refractivity contribution in [3.8, 4) is 0 Å². The highest BCUT2D eigenvalue weighted by molar-refractivity contribution is 5.15. The van der Waals surface area contributed by atoms with Crippen molar-refractivity contribution in [3.05, 3.63) is 24.0 Å². The Hall–Kier alpha value is -0.800. The van der Waals surface area contributed by atoms with Gasteiger partial charge >= 0.3 is 0 Å². The highest BCUT2D eigenvalue weighted by atomic mass is 15.1. The van der Waals surface area contributed by atoms with Crippen molar-refractivity contribution in [2.45, 2.75) is 32.4 Å². The number of aromatic nitrogens is 1. The van der Waals surface area contributed by atoms with Gasteiger partial charge in [-0.3, -0.25) is 0 Å². The van der Waals surface area contributed by atoms with Crippen LogP contribution >= 0.6 is 0 Å². The van der Waals surface area contributed by atoms with Crippen molar-refractivity contribution in [2.24, 2.45) is 0 Å². The third-order valence-electron chi connectivity index (χ3n) is 2.95. The summed E-state index contributed by atoms with van der Waals surface area (Å²) in [5, 5.41) is 3.33. The molecule has 0 aromatic carbocycles. The predicted molar refractivity (Wildman–Crippen MR) is 69.7 cm³/mol. The third kappa shape index (κ3) is 3.99. The molecule has 1 aromatic heterocycles. The maximum Gasteiger partial charge on any atom is 0.0329 e. The molecule has 0 aliphatic rings. The summed E-state index contributed by atoms with van der Waals surface area (Å²) in [6, 6.07) is 2.72. The van der Waals surface area contributed by atoms with Crippen LogP contribution in [0.2, 0.25) is 0 Å². The first-order valence-corrected chi connectivity index (χ1v) is 6.15. The Morgan fingerprint density at radius 3 is 2.75 bits per heavy atom. The number of hydrogen-bond donors (Lipinski definition) is 1. The minimum atomic E-state index is 0.495. The summed E-state index contributed by atoms with van der Waals surface area (Å²) in [7, 11) is 6.27.